The fourth-order valence-electron chi connectivity index (χ4n) is 3.61. The number of hydrogen-bond acceptors (Lipinski definition) is 4. The number of carboxylic acids is 1. The van der Waals surface area contributed by atoms with Crippen molar-refractivity contribution in [3.63, 3.8) is 0 Å². The maximum atomic E-state index is 12.7. The number of amides is 1. The maximum Gasteiger partial charge on any atom is 0.307 e. The lowest BCUT2D eigenvalue weighted by Crippen LogP contribution is -2.40. The highest BCUT2D eigenvalue weighted by atomic mass is 16.5. The quantitative estimate of drug-likeness (QED) is 0.436. The molecule has 0 aliphatic carbocycles. The minimum absolute atomic E-state index is 0.0433. The van der Waals surface area contributed by atoms with Crippen molar-refractivity contribution in [1.29, 1.82) is 5.41 Å². The standard InChI is InChI=1S/C24H23N3O4/c25-23(27-9-11-31-12-10-27)18-3-5-19(6-4-18)24(30)26-21-8-7-17-2-1-16(14-22(28)29)13-20(17)15-21/h1-8,13,15,25H,9-12,14H2,(H,26,30)(H,28,29). The molecule has 158 valence electrons. The number of morpholine rings is 1. The summed E-state index contributed by atoms with van der Waals surface area (Å²) in [7, 11) is 0. The van der Waals surface area contributed by atoms with E-state index in [1.54, 1.807) is 30.3 Å². The number of hydrogen-bond donors (Lipinski definition) is 3. The number of anilines is 1. The Morgan fingerprint density at radius 1 is 0.935 bits per heavy atom. The van der Waals surface area contributed by atoms with E-state index in [4.69, 9.17) is 15.3 Å². The molecule has 1 heterocycles. The minimum Gasteiger partial charge on any atom is -0.481 e. The summed E-state index contributed by atoms with van der Waals surface area (Å²) in [5, 5.41) is 22.1. The van der Waals surface area contributed by atoms with Crippen LogP contribution in [0.2, 0.25) is 0 Å². The average Bonchev–Trinajstić information content (AvgIpc) is 2.78. The fraction of sp³-hybridized carbons (Fsp3) is 0.208. The summed E-state index contributed by atoms with van der Waals surface area (Å²) in [6.45, 7) is 2.62. The number of nitrogens with zero attached hydrogens (tertiary/aromatic N) is 1. The van der Waals surface area contributed by atoms with Crippen LogP contribution in [0.4, 0.5) is 5.69 Å². The molecular formula is C24H23N3O4. The largest absolute Gasteiger partial charge is 0.481 e. The summed E-state index contributed by atoms with van der Waals surface area (Å²) >= 11 is 0. The molecule has 3 aromatic carbocycles. The third-order valence-electron chi connectivity index (χ3n) is 5.27. The van der Waals surface area contributed by atoms with Crippen molar-refractivity contribution in [2.45, 2.75) is 6.42 Å². The third-order valence-corrected chi connectivity index (χ3v) is 5.27. The molecule has 0 bridgehead atoms. The van der Waals surface area contributed by atoms with E-state index in [0.717, 1.165) is 16.3 Å². The first-order valence-electron chi connectivity index (χ1n) is 10.1. The SMILES string of the molecule is N=C(c1ccc(C(=O)Nc2ccc3ccc(CC(=O)O)cc3c2)cc1)N1CCOCC1. The molecule has 1 aliphatic rings. The van der Waals surface area contributed by atoms with Gasteiger partial charge in [0.1, 0.15) is 5.84 Å². The van der Waals surface area contributed by atoms with E-state index < -0.39 is 5.97 Å². The number of fused-ring (bicyclic) bond motifs is 1. The van der Waals surface area contributed by atoms with Crippen molar-refractivity contribution in [2.75, 3.05) is 31.6 Å². The first kappa shape index (κ1) is 20.6. The molecule has 0 spiro atoms. The van der Waals surface area contributed by atoms with Gasteiger partial charge in [-0.2, -0.15) is 0 Å². The van der Waals surface area contributed by atoms with Crippen LogP contribution in [0.25, 0.3) is 10.8 Å². The molecule has 1 amide bonds. The zero-order valence-electron chi connectivity index (χ0n) is 16.9. The van der Waals surface area contributed by atoms with Crippen LogP contribution in [0.3, 0.4) is 0 Å². The summed E-state index contributed by atoms with van der Waals surface area (Å²) in [4.78, 5) is 25.6. The van der Waals surface area contributed by atoms with E-state index in [-0.39, 0.29) is 12.3 Å². The first-order chi connectivity index (χ1) is 15.0. The lowest BCUT2D eigenvalue weighted by atomic mass is 10.0. The molecule has 7 heteroatoms. The number of carbonyl (C=O) groups is 2. The minimum atomic E-state index is -0.881. The van der Waals surface area contributed by atoms with Crippen LogP contribution in [0.15, 0.2) is 60.7 Å². The number of carboxylic acid groups (broad SMARTS) is 1. The molecule has 0 unspecified atom stereocenters. The van der Waals surface area contributed by atoms with E-state index in [2.05, 4.69) is 5.32 Å². The van der Waals surface area contributed by atoms with Gasteiger partial charge >= 0.3 is 5.97 Å². The Bertz CT molecular complexity index is 1140. The molecular weight excluding hydrogens is 394 g/mol. The third kappa shape index (κ3) is 4.90. The predicted octanol–water partition coefficient (Wildman–Crippen LogP) is 3.38. The van der Waals surface area contributed by atoms with Crippen molar-refractivity contribution >= 4 is 34.2 Å². The van der Waals surface area contributed by atoms with Gasteiger partial charge in [0.15, 0.2) is 0 Å². The van der Waals surface area contributed by atoms with Gasteiger partial charge in [-0.05, 0) is 40.6 Å². The Labute approximate surface area is 179 Å². The van der Waals surface area contributed by atoms with E-state index in [9.17, 15) is 9.59 Å². The molecule has 1 fully saturated rings. The summed E-state index contributed by atoms with van der Waals surface area (Å²) in [6, 6.07) is 18.0. The number of carbonyl (C=O) groups excluding carboxylic acids is 1. The number of nitrogens with one attached hydrogen (secondary N) is 2. The smallest absolute Gasteiger partial charge is 0.307 e. The molecule has 3 aromatic rings. The number of rotatable bonds is 5. The normalized spacial score (nSPS) is 13.7. The molecule has 0 saturated carbocycles. The van der Waals surface area contributed by atoms with Crippen LogP contribution >= 0.6 is 0 Å². The summed E-state index contributed by atoms with van der Waals surface area (Å²) < 4.78 is 5.33. The first-order valence-corrected chi connectivity index (χ1v) is 10.1. The Morgan fingerprint density at radius 2 is 1.61 bits per heavy atom. The summed E-state index contributed by atoms with van der Waals surface area (Å²) in [5.74, 6) is -0.693. The van der Waals surface area contributed by atoms with Crippen molar-refractivity contribution in [2.24, 2.45) is 0 Å². The Morgan fingerprint density at radius 3 is 2.32 bits per heavy atom. The van der Waals surface area contributed by atoms with Gasteiger partial charge in [-0.15, -0.1) is 0 Å². The van der Waals surface area contributed by atoms with E-state index in [0.29, 0.717) is 49.0 Å². The number of ether oxygens (including phenoxy) is 1. The van der Waals surface area contributed by atoms with Crippen LogP contribution in [0.1, 0.15) is 21.5 Å². The van der Waals surface area contributed by atoms with Crippen LogP contribution in [0.5, 0.6) is 0 Å². The lowest BCUT2D eigenvalue weighted by molar-refractivity contribution is -0.136. The van der Waals surface area contributed by atoms with Gasteiger partial charge < -0.3 is 20.1 Å². The highest BCUT2D eigenvalue weighted by molar-refractivity contribution is 6.06. The summed E-state index contributed by atoms with van der Waals surface area (Å²) in [6.07, 6.45) is -0.0433. The van der Waals surface area contributed by atoms with Crippen LogP contribution in [-0.2, 0) is 16.0 Å². The van der Waals surface area contributed by atoms with Gasteiger partial charge in [-0.1, -0.05) is 36.4 Å². The number of aliphatic carboxylic acids is 1. The molecule has 3 N–H and O–H groups in total. The maximum absolute atomic E-state index is 12.7. The van der Waals surface area contributed by atoms with Crippen molar-refractivity contribution < 1.29 is 19.4 Å². The molecule has 0 aromatic heterocycles. The topological polar surface area (TPSA) is 103 Å². The van der Waals surface area contributed by atoms with Crippen molar-refractivity contribution in [3.05, 3.63) is 77.4 Å². The molecule has 1 saturated heterocycles. The second-order valence-corrected chi connectivity index (χ2v) is 7.45. The van der Waals surface area contributed by atoms with Gasteiger partial charge in [0.25, 0.3) is 5.91 Å². The van der Waals surface area contributed by atoms with E-state index in [1.165, 1.54) is 0 Å². The van der Waals surface area contributed by atoms with E-state index >= 15 is 0 Å². The van der Waals surface area contributed by atoms with Gasteiger partial charge in [-0.25, -0.2) is 0 Å². The molecule has 7 nitrogen and oxygen atoms in total. The number of amidine groups is 1. The molecule has 0 radical (unpaired) electrons. The molecule has 0 atom stereocenters. The lowest BCUT2D eigenvalue weighted by Gasteiger charge is -2.29. The van der Waals surface area contributed by atoms with Gasteiger partial charge in [-0.3, -0.25) is 15.0 Å². The zero-order valence-corrected chi connectivity index (χ0v) is 16.9. The molecule has 31 heavy (non-hydrogen) atoms. The number of benzene rings is 3. The van der Waals surface area contributed by atoms with Gasteiger partial charge in [0.2, 0.25) is 0 Å². The Hall–Kier alpha value is -3.71. The molecule has 1 aliphatic heterocycles. The average molecular weight is 417 g/mol. The fourth-order valence-corrected chi connectivity index (χ4v) is 3.61. The highest BCUT2D eigenvalue weighted by Gasteiger charge is 2.16. The van der Waals surface area contributed by atoms with E-state index in [1.807, 2.05) is 35.2 Å². The summed E-state index contributed by atoms with van der Waals surface area (Å²) in [5.41, 5.74) is 2.60. The predicted molar refractivity (Wildman–Crippen MR) is 119 cm³/mol. The second kappa shape index (κ2) is 8.97. The highest BCUT2D eigenvalue weighted by Crippen LogP contribution is 2.22. The Kier molecular flexibility index (Phi) is 5.95. The zero-order chi connectivity index (χ0) is 21.8. The van der Waals surface area contributed by atoms with Crippen molar-refractivity contribution in [1.82, 2.24) is 4.90 Å². The van der Waals surface area contributed by atoms with Gasteiger partial charge in [0.05, 0.1) is 19.6 Å². The Balaban J connectivity index is 1.46. The van der Waals surface area contributed by atoms with Crippen LogP contribution in [0, 0.1) is 5.41 Å². The van der Waals surface area contributed by atoms with Crippen LogP contribution in [-0.4, -0.2) is 54.0 Å². The monoisotopic (exact) mass is 417 g/mol. The van der Waals surface area contributed by atoms with Crippen LogP contribution < -0.4 is 5.32 Å². The second-order valence-electron chi connectivity index (χ2n) is 7.45. The van der Waals surface area contributed by atoms with Crippen molar-refractivity contribution in [3.8, 4) is 0 Å². The van der Waals surface area contributed by atoms with Gasteiger partial charge in [0, 0.05) is 29.9 Å². The molecule has 4 rings (SSSR count).